The van der Waals surface area contributed by atoms with Gasteiger partial charge in [-0.05, 0) is 47.1 Å². The van der Waals surface area contributed by atoms with E-state index in [0.717, 1.165) is 6.07 Å². The van der Waals surface area contributed by atoms with Gasteiger partial charge < -0.3 is 4.72 Å². The van der Waals surface area contributed by atoms with Crippen LogP contribution < -0.4 is 4.72 Å². The van der Waals surface area contributed by atoms with Gasteiger partial charge in [-0.3, -0.25) is 0 Å². The lowest BCUT2D eigenvalue weighted by atomic mass is 10.1. The van der Waals surface area contributed by atoms with Crippen LogP contribution in [0.25, 0.3) is 11.0 Å². The Morgan fingerprint density at radius 1 is 1.17 bits per heavy atom. The van der Waals surface area contributed by atoms with E-state index in [4.69, 9.17) is 11.6 Å². The molecule has 2 aromatic carbocycles. The summed E-state index contributed by atoms with van der Waals surface area (Å²) in [4.78, 5) is 0.201. The molecule has 0 saturated heterocycles. The molecule has 1 heterocycles. The topological polar surface area (TPSA) is 68.0 Å². The van der Waals surface area contributed by atoms with Gasteiger partial charge in [-0.1, -0.05) is 17.7 Å². The maximum absolute atomic E-state index is 13.0. The molecule has 1 N–H and O–H groups in total. The van der Waals surface area contributed by atoms with Crippen LogP contribution in [0.2, 0.25) is 5.02 Å². The number of benzene rings is 2. The second-order valence-electron chi connectivity index (χ2n) is 4.85. The van der Waals surface area contributed by atoms with E-state index in [1.807, 2.05) is 0 Å². The molecule has 1 unspecified atom stereocenters. The fourth-order valence-corrected chi connectivity index (χ4v) is 3.39. The fourth-order valence-electron chi connectivity index (χ4n) is 2.17. The summed E-state index contributed by atoms with van der Waals surface area (Å²) in [6.07, 6.45) is -4.49. The van der Waals surface area contributed by atoms with E-state index in [1.54, 1.807) is 0 Å². The van der Waals surface area contributed by atoms with Crippen molar-refractivity contribution < 1.29 is 22.0 Å². The first-order chi connectivity index (χ1) is 11.3. The van der Waals surface area contributed by atoms with E-state index in [1.165, 1.54) is 31.2 Å². The third kappa shape index (κ3) is 2.96. The third-order valence-electron chi connectivity index (χ3n) is 3.37. The standard InChI is InChI=1S/C14H9ClF3N3O2S/c1-7-8(14(16,17)18)3-2-4-10(7)21-24(22)11-6-5-9(15)12-13(11)20-23-19-12/h2-6,21H,1H3. The van der Waals surface area contributed by atoms with Crippen LogP contribution in [0.5, 0.6) is 0 Å². The van der Waals surface area contributed by atoms with Crippen molar-refractivity contribution in [2.45, 2.75) is 18.0 Å². The molecule has 10 heteroatoms. The Balaban J connectivity index is 1.98. The van der Waals surface area contributed by atoms with Crippen LogP contribution in [0, 0.1) is 6.92 Å². The zero-order valence-corrected chi connectivity index (χ0v) is 13.6. The lowest BCUT2D eigenvalue weighted by Crippen LogP contribution is -2.11. The van der Waals surface area contributed by atoms with Gasteiger partial charge in [-0.15, -0.1) is 0 Å². The minimum Gasteiger partial charge on any atom is -0.301 e. The molecule has 0 saturated carbocycles. The molecule has 0 aliphatic heterocycles. The van der Waals surface area contributed by atoms with Crippen LogP contribution in [0.4, 0.5) is 18.9 Å². The number of aromatic nitrogens is 2. The van der Waals surface area contributed by atoms with Gasteiger partial charge in [0.1, 0.15) is 0 Å². The summed E-state index contributed by atoms with van der Waals surface area (Å²) in [6, 6.07) is 6.52. The minimum atomic E-state index is -4.49. The molecule has 0 spiro atoms. The summed E-state index contributed by atoms with van der Waals surface area (Å²) in [5.41, 5.74) is -0.346. The fraction of sp³-hybridized carbons (Fsp3) is 0.143. The molecule has 0 bridgehead atoms. The largest absolute Gasteiger partial charge is 0.416 e. The molecule has 0 aliphatic carbocycles. The van der Waals surface area contributed by atoms with Gasteiger partial charge in [-0.2, -0.15) is 13.2 Å². The van der Waals surface area contributed by atoms with Gasteiger partial charge in [-0.25, -0.2) is 8.84 Å². The molecule has 1 atom stereocenters. The normalized spacial score (nSPS) is 13.2. The number of nitrogens with zero attached hydrogens (tertiary/aromatic N) is 2. The lowest BCUT2D eigenvalue weighted by molar-refractivity contribution is -0.138. The van der Waals surface area contributed by atoms with E-state index in [2.05, 4.69) is 19.7 Å². The van der Waals surface area contributed by atoms with Crippen molar-refractivity contribution in [3.8, 4) is 0 Å². The molecular formula is C14H9ClF3N3O2S. The predicted molar refractivity (Wildman–Crippen MR) is 83.0 cm³/mol. The Hall–Kier alpha value is -2.13. The van der Waals surface area contributed by atoms with Crippen LogP contribution in [0.15, 0.2) is 39.9 Å². The van der Waals surface area contributed by atoms with Gasteiger partial charge in [0.15, 0.2) is 22.0 Å². The van der Waals surface area contributed by atoms with Crippen molar-refractivity contribution in [2.24, 2.45) is 0 Å². The van der Waals surface area contributed by atoms with Gasteiger partial charge in [0.2, 0.25) is 0 Å². The predicted octanol–water partition coefficient (Wildman–Crippen LogP) is 4.34. The Labute approximate surface area is 141 Å². The number of hydrogen-bond donors (Lipinski definition) is 1. The summed E-state index contributed by atoms with van der Waals surface area (Å²) in [6.45, 7) is 1.30. The lowest BCUT2D eigenvalue weighted by Gasteiger charge is -2.14. The van der Waals surface area contributed by atoms with Crippen molar-refractivity contribution in [1.82, 2.24) is 10.3 Å². The third-order valence-corrected chi connectivity index (χ3v) is 4.81. The van der Waals surface area contributed by atoms with Crippen LogP contribution >= 0.6 is 11.6 Å². The molecule has 24 heavy (non-hydrogen) atoms. The van der Waals surface area contributed by atoms with E-state index in [9.17, 15) is 17.4 Å². The average Bonchev–Trinajstić information content (AvgIpc) is 2.98. The zero-order chi connectivity index (χ0) is 17.5. The van der Waals surface area contributed by atoms with Gasteiger partial charge in [0.05, 0.1) is 21.2 Å². The summed E-state index contributed by atoms with van der Waals surface area (Å²) < 4.78 is 58.5. The smallest absolute Gasteiger partial charge is 0.301 e. The Morgan fingerprint density at radius 2 is 1.88 bits per heavy atom. The van der Waals surface area contributed by atoms with Crippen LogP contribution in [-0.2, 0) is 17.2 Å². The molecule has 0 radical (unpaired) electrons. The number of halogens is 4. The van der Waals surface area contributed by atoms with Gasteiger partial charge >= 0.3 is 6.18 Å². The highest BCUT2D eigenvalue weighted by atomic mass is 35.5. The maximum Gasteiger partial charge on any atom is 0.416 e. The van der Waals surface area contributed by atoms with Crippen LogP contribution in [0.1, 0.15) is 11.1 Å². The molecule has 3 rings (SSSR count). The van der Waals surface area contributed by atoms with E-state index >= 15 is 0 Å². The van der Waals surface area contributed by atoms with E-state index in [-0.39, 0.29) is 32.2 Å². The highest BCUT2D eigenvalue weighted by Gasteiger charge is 2.33. The first kappa shape index (κ1) is 16.7. The molecule has 3 aromatic rings. The van der Waals surface area contributed by atoms with Crippen LogP contribution in [-0.4, -0.2) is 14.5 Å². The summed E-state index contributed by atoms with van der Waals surface area (Å²) >= 11 is 5.92. The number of nitrogens with one attached hydrogen (secondary N) is 1. The summed E-state index contributed by atoms with van der Waals surface area (Å²) in [5.74, 6) is 0. The van der Waals surface area contributed by atoms with Crippen molar-refractivity contribution in [1.29, 1.82) is 0 Å². The molecule has 5 nitrogen and oxygen atoms in total. The number of anilines is 1. The molecule has 0 amide bonds. The molecular weight excluding hydrogens is 367 g/mol. The first-order valence-electron chi connectivity index (χ1n) is 6.55. The van der Waals surface area contributed by atoms with Crippen molar-refractivity contribution in [3.63, 3.8) is 0 Å². The highest BCUT2D eigenvalue weighted by molar-refractivity contribution is 7.86. The van der Waals surface area contributed by atoms with Crippen molar-refractivity contribution in [2.75, 3.05) is 4.72 Å². The SMILES string of the molecule is Cc1c(NS(=O)c2ccc(Cl)c3nonc23)cccc1C(F)(F)F. The Morgan fingerprint density at radius 3 is 2.58 bits per heavy atom. The van der Waals surface area contributed by atoms with Crippen molar-refractivity contribution in [3.05, 3.63) is 46.5 Å². The zero-order valence-electron chi connectivity index (χ0n) is 12.0. The quantitative estimate of drug-likeness (QED) is 0.739. The number of fused-ring (bicyclic) bond motifs is 1. The van der Waals surface area contributed by atoms with Gasteiger partial charge in [0, 0.05) is 0 Å². The minimum absolute atomic E-state index is 0.0539. The monoisotopic (exact) mass is 375 g/mol. The van der Waals surface area contributed by atoms with E-state index < -0.39 is 22.7 Å². The first-order valence-corrected chi connectivity index (χ1v) is 8.08. The molecule has 0 aliphatic rings. The maximum atomic E-state index is 13.0. The van der Waals surface area contributed by atoms with Crippen molar-refractivity contribution >= 4 is 39.3 Å². The number of alkyl halides is 3. The summed E-state index contributed by atoms with van der Waals surface area (Å²) in [5, 5.41) is 7.51. The number of rotatable bonds is 3. The van der Waals surface area contributed by atoms with E-state index in [0.29, 0.717) is 0 Å². The van der Waals surface area contributed by atoms with Gasteiger partial charge in [0.25, 0.3) is 0 Å². The summed E-state index contributed by atoms with van der Waals surface area (Å²) in [7, 11) is -1.88. The molecule has 126 valence electrons. The number of hydrogen-bond acceptors (Lipinski definition) is 4. The average molecular weight is 376 g/mol. The van der Waals surface area contributed by atoms with Crippen LogP contribution in [0.3, 0.4) is 0 Å². The second-order valence-corrected chi connectivity index (χ2v) is 6.44. The molecule has 1 aromatic heterocycles. The second kappa shape index (κ2) is 6.06. The Kier molecular flexibility index (Phi) is 4.22. The molecule has 0 fully saturated rings. The highest BCUT2D eigenvalue weighted by Crippen LogP contribution is 2.35. The Bertz CT molecular complexity index is 943.